The number of rotatable bonds is 2. The van der Waals surface area contributed by atoms with Crippen LogP contribution in [-0.4, -0.2) is 5.78 Å². The molecule has 2 rings (SSSR count). The lowest BCUT2D eigenvalue weighted by molar-refractivity contribution is 0.103. The van der Waals surface area contributed by atoms with E-state index in [4.69, 9.17) is 0 Å². The summed E-state index contributed by atoms with van der Waals surface area (Å²) in [5, 5.41) is 0. The predicted octanol–water partition coefficient (Wildman–Crippen LogP) is 4.56. The number of carbonyl (C=O) groups excluding carboxylic acids is 1. The zero-order valence-corrected chi connectivity index (χ0v) is 12.6. The molecule has 18 heavy (non-hydrogen) atoms. The quantitative estimate of drug-likeness (QED) is 0.512. The largest absolute Gasteiger partial charge is 0.288 e. The average Bonchev–Trinajstić information content (AvgIpc) is 2.31. The van der Waals surface area contributed by atoms with Gasteiger partial charge >= 0.3 is 0 Å². The molecule has 2 aromatic rings. The average molecular weight is 423 g/mol. The second-order valence-corrected chi connectivity index (χ2v) is 5.68. The number of ketones is 1. The van der Waals surface area contributed by atoms with E-state index >= 15 is 0 Å². The normalized spacial score (nSPS) is 10.4. The molecule has 0 saturated carbocycles. The van der Waals surface area contributed by atoms with Crippen molar-refractivity contribution in [1.29, 1.82) is 0 Å². The van der Waals surface area contributed by atoms with Gasteiger partial charge in [0.25, 0.3) is 0 Å². The Morgan fingerprint density at radius 3 is 2.44 bits per heavy atom. The van der Waals surface area contributed by atoms with E-state index in [2.05, 4.69) is 38.5 Å². The lowest BCUT2D eigenvalue weighted by atomic mass is 10.0. The Balaban J connectivity index is 2.51. The van der Waals surface area contributed by atoms with Gasteiger partial charge in [-0.2, -0.15) is 0 Å². The van der Waals surface area contributed by atoms with Crippen molar-refractivity contribution in [2.45, 2.75) is 0 Å². The van der Waals surface area contributed by atoms with Crippen molar-refractivity contribution in [3.63, 3.8) is 0 Å². The van der Waals surface area contributed by atoms with Crippen molar-refractivity contribution in [3.8, 4) is 0 Å². The Kier molecular flexibility index (Phi) is 4.11. The van der Waals surface area contributed by atoms with E-state index in [0.717, 1.165) is 15.7 Å². The minimum absolute atomic E-state index is 0.140. The molecular formula is C13H6BrF2IO. The van der Waals surface area contributed by atoms with E-state index in [0.29, 0.717) is 16.1 Å². The molecule has 0 atom stereocenters. The van der Waals surface area contributed by atoms with Crippen LogP contribution in [0.4, 0.5) is 8.78 Å². The molecule has 0 radical (unpaired) electrons. The second-order valence-electron chi connectivity index (χ2n) is 3.58. The van der Waals surface area contributed by atoms with Gasteiger partial charge in [0, 0.05) is 19.7 Å². The highest BCUT2D eigenvalue weighted by Gasteiger charge is 2.17. The van der Waals surface area contributed by atoms with Gasteiger partial charge < -0.3 is 0 Å². The van der Waals surface area contributed by atoms with Crippen LogP contribution >= 0.6 is 38.5 Å². The maximum absolute atomic E-state index is 13.5. The summed E-state index contributed by atoms with van der Waals surface area (Å²) in [5.74, 6) is -2.03. The Labute approximate surface area is 124 Å². The molecule has 0 bridgehead atoms. The van der Waals surface area contributed by atoms with Crippen LogP contribution in [0.2, 0.25) is 0 Å². The molecule has 0 aliphatic rings. The fourth-order valence-electron chi connectivity index (χ4n) is 1.49. The van der Waals surface area contributed by atoms with Gasteiger partial charge in [-0.25, -0.2) is 8.78 Å². The van der Waals surface area contributed by atoms with Gasteiger partial charge in [0.05, 0.1) is 5.56 Å². The van der Waals surface area contributed by atoms with E-state index in [9.17, 15) is 13.6 Å². The predicted molar refractivity (Wildman–Crippen MR) is 76.6 cm³/mol. The molecule has 0 fully saturated rings. The number of hydrogen-bond acceptors (Lipinski definition) is 1. The summed E-state index contributed by atoms with van der Waals surface area (Å²) < 4.78 is 27.8. The fourth-order valence-corrected chi connectivity index (χ4v) is 2.41. The van der Waals surface area contributed by atoms with Crippen molar-refractivity contribution in [2.24, 2.45) is 0 Å². The number of carbonyl (C=O) groups is 1. The first-order valence-electron chi connectivity index (χ1n) is 4.94. The van der Waals surface area contributed by atoms with Gasteiger partial charge in [0.15, 0.2) is 5.78 Å². The van der Waals surface area contributed by atoms with Crippen molar-refractivity contribution >= 4 is 44.3 Å². The lowest BCUT2D eigenvalue weighted by Crippen LogP contribution is -2.06. The van der Waals surface area contributed by atoms with Gasteiger partial charge in [-0.3, -0.25) is 4.79 Å². The highest BCUT2D eigenvalue weighted by Crippen LogP contribution is 2.23. The monoisotopic (exact) mass is 422 g/mol. The third-order valence-electron chi connectivity index (χ3n) is 2.35. The zero-order valence-electron chi connectivity index (χ0n) is 8.88. The van der Waals surface area contributed by atoms with E-state index in [-0.39, 0.29) is 5.56 Å². The molecule has 0 aromatic heterocycles. The van der Waals surface area contributed by atoms with E-state index < -0.39 is 17.4 Å². The van der Waals surface area contributed by atoms with Crippen LogP contribution in [0, 0.1) is 15.2 Å². The zero-order chi connectivity index (χ0) is 13.3. The summed E-state index contributed by atoms with van der Waals surface area (Å²) in [5.41, 5.74) is 0.214. The fraction of sp³-hybridized carbons (Fsp3) is 0. The third kappa shape index (κ3) is 2.77. The standard InChI is InChI=1S/C13H6BrF2IO/c14-11-4-2-8(17)6-10(11)13(18)9-3-1-7(15)5-12(9)16/h1-6H. The first kappa shape index (κ1) is 13.6. The number of halogens is 4. The first-order chi connectivity index (χ1) is 8.49. The Bertz CT molecular complexity index is 628. The van der Waals surface area contributed by atoms with Gasteiger partial charge in [-0.1, -0.05) is 15.9 Å². The van der Waals surface area contributed by atoms with E-state index in [1.54, 1.807) is 12.1 Å². The Hall–Kier alpha value is -0.820. The van der Waals surface area contributed by atoms with Crippen molar-refractivity contribution < 1.29 is 13.6 Å². The summed E-state index contributed by atoms with van der Waals surface area (Å²) >= 11 is 5.31. The van der Waals surface area contributed by atoms with Crippen molar-refractivity contribution in [2.75, 3.05) is 0 Å². The molecule has 0 heterocycles. The maximum atomic E-state index is 13.5. The lowest BCUT2D eigenvalue weighted by Gasteiger charge is -2.05. The summed E-state index contributed by atoms with van der Waals surface area (Å²) in [6.07, 6.45) is 0. The second kappa shape index (κ2) is 5.44. The molecule has 0 amide bonds. The van der Waals surface area contributed by atoms with Gasteiger partial charge in [0.1, 0.15) is 11.6 Å². The van der Waals surface area contributed by atoms with Gasteiger partial charge in [-0.15, -0.1) is 0 Å². The summed E-state index contributed by atoms with van der Waals surface area (Å²) in [7, 11) is 0. The molecule has 0 unspecified atom stereocenters. The minimum Gasteiger partial charge on any atom is -0.288 e. The Morgan fingerprint density at radius 2 is 1.78 bits per heavy atom. The molecule has 5 heteroatoms. The molecule has 0 aliphatic carbocycles. The maximum Gasteiger partial charge on any atom is 0.197 e. The van der Waals surface area contributed by atoms with Crippen LogP contribution in [-0.2, 0) is 0 Å². The van der Waals surface area contributed by atoms with Crippen LogP contribution in [0.25, 0.3) is 0 Å². The number of hydrogen-bond donors (Lipinski definition) is 0. The van der Waals surface area contributed by atoms with Crippen LogP contribution in [0.5, 0.6) is 0 Å². The molecule has 1 nitrogen and oxygen atoms in total. The van der Waals surface area contributed by atoms with Crippen LogP contribution in [0.3, 0.4) is 0 Å². The topological polar surface area (TPSA) is 17.1 Å². The summed E-state index contributed by atoms with van der Waals surface area (Å²) in [6, 6.07) is 8.11. The first-order valence-corrected chi connectivity index (χ1v) is 6.81. The van der Waals surface area contributed by atoms with Gasteiger partial charge in [-0.05, 0) is 52.9 Å². The van der Waals surface area contributed by atoms with Crippen LogP contribution in [0.15, 0.2) is 40.9 Å². The van der Waals surface area contributed by atoms with Crippen molar-refractivity contribution in [1.82, 2.24) is 0 Å². The van der Waals surface area contributed by atoms with Crippen LogP contribution < -0.4 is 0 Å². The molecule has 0 saturated heterocycles. The minimum atomic E-state index is -0.856. The molecule has 0 aliphatic heterocycles. The smallest absolute Gasteiger partial charge is 0.197 e. The molecule has 0 spiro atoms. The highest BCUT2D eigenvalue weighted by atomic mass is 127. The molecule has 2 aromatic carbocycles. The third-order valence-corrected chi connectivity index (χ3v) is 3.71. The molecule has 0 N–H and O–H groups in total. The van der Waals surface area contributed by atoms with Crippen molar-refractivity contribution in [3.05, 3.63) is 67.2 Å². The highest BCUT2D eigenvalue weighted by molar-refractivity contribution is 14.1. The van der Waals surface area contributed by atoms with Gasteiger partial charge in [0.2, 0.25) is 0 Å². The number of benzene rings is 2. The molecular weight excluding hydrogens is 417 g/mol. The Morgan fingerprint density at radius 1 is 1.06 bits per heavy atom. The van der Waals surface area contributed by atoms with Crippen LogP contribution in [0.1, 0.15) is 15.9 Å². The summed E-state index contributed by atoms with van der Waals surface area (Å²) in [4.78, 5) is 12.2. The van der Waals surface area contributed by atoms with E-state index in [1.165, 1.54) is 0 Å². The SMILES string of the molecule is O=C(c1ccc(F)cc1F)c1cc(I)ccc1Br. The molecule has 92 valence electrons. The summed E-state index contributed by atoms with van der Waals surface area (Å²) in [6.45, 7) is 0. The van der Waals surface area contributed by atoms with E-state index in [1.807, 2.05) is 6.07 Å².